The fourth-order valence-electron chi connectivity index (χ4n) is 0. The van der Waals surface area contributed by atoms with Crippen molar-refractivity contribution in [3.05, 3.63) is 0 Å². The Kier molecular flexibility index (Phi) is 11.4. The normalized spacial score (nSPS) is 8.30. The standard InChI is InChI=1S/C2H4O2.Ni.H2O4S/c1-2(3)4;;1-5(2,3)4/h1H3,(H,3,4);;(H2,1,2,3,4)/p+1. The van der Waals surface area contributed by atoms with Crippen LogP contribution in [0.1, 0.15) is 6.92 Å². The Balaban J connectivity index is -0.0000000910. The summed E-state index contributed by atoms with van der Waals surface area (Å²) in [5, 5.41) is 7.53. The fraction of sp³-hybridized carbons (Fsp3) is 0.500. The Morgan fingerprint density at radius 3 is 1.40 bits per heavy atom. The van der Waals surface area contributed by atoms with Gasteiger partial charge in [-0.2, -0.15) is 8.42 Å². The molecule has 66 valence electrons. The molecule has 0 aliphatic rings. The van der Waals surface area contributed by atoms with Crippen LogP contribution in [0.25, 0.3) is 0 Å². The molecule has 0 rings (SSSR count). The summed E-state index contributed by atoms with van der Waals surface area (Å²) in [7, 11) is -4.67. The second-order valence-electron chi connectivity index (χ2n) is 0.995. The Hall–Kier alpha value is -0.166. The van der Waals surface area contributed by atoms with Crippen molar-refractivity contribution in [3.8, 4) is 0 Å². The summed E-state index contributed by atoms with van der Waals surface area (Å²) in [6.07, 6.45) is 0. The van der Waals surface area contributed by atoms with Gasteiger partial charge in [-0.05, 0) is 0 Å². The van der Waals surface area contributed by atoms with Gasteiger partial charge in [0.25, 0.3) is 0 Å². The summed E-state index contributed by atoms with van der Waals surface area (Å²) in [5.74, 6) is -0.583. The zero-order valence-electron chi connectivity index (χ0n) is 4.83. The molecule has 0 bridgehead atoms. The number of carboxylic acid groups (broad SMARTS) is 1. The van der Waals surface area contributed by atoms with Crippen molar-refractivity contribution in [1.82, 2.24) is 0 Å². The maximum atomic E-state index is 8.74. The molecule has 0 heterocycles. The Bertz CT molecular complexity index is 158. The number of aliphatic hydroxyl groups excluding tert-OH is 1. The number of hydrogen-bond donors (Lipinski definition) is 3. The van der Waals surface area contributed by atoms with Crippen molar-refractivity contribution >= 4 is 16.4 Å². The first-order valence-corrected chi connectivity index (χ1v) is 3.04. The maximum absolute atomic E-state index is 8.74. The molecule has 4 N–H and O–H groups in total. The van der Waals surface area contributed by atoms with Gasteiger partial charge in [0.15, 0.2) is 0 Å². The average Bonchev–Trinajstić information content (AvgIpc) is 1.19. The second kappa shape index (κ2) is 6.95. The zero-order valence-corrected chi connectivity index (χ0v) is 6.63. The monoisotopic (exact) mass is 217 g/mol. The van der Waals surface area contributed by atoms with Crippen LogP contribution in [0.5, 0.6) is 0 Å². The summed E-state index contributed by atoms with van der Waals surface area (Å²) < 4.78 is 31.6. The van der Waals surface area contributed by atoms with Gasteiger partial charge in [0.1, 0.15) is 0 Å². The molecule has 0 fully saturated rings. The zero-order chi connectivity index (χ0) is 8.08. The molecule has 6 nitrogen and oxygen atoms in total. The molecule has 10 heavy (non-hydrogen) atoms. The molecule has 0 amide bonds. The van der Waals surface area contributed by atoms with Gasteiger partial charge in [-0.1, -0.05) is 0 Å². The van der Waals surface area contributed by atoms with Gasteiger partial charge in [-0.25, -0.2) is 0 Å². The number of carboxylic acids is 1. The van der Waals surface area contributed by atoms with Crippen molar-refractivity contribution in [3.63, 3.8) is 0 Å². The molecule has 0 aromatic carbocycles. The van der Waals surface area contributed by atoms with E-state index in [2.05, 4.69) is 0 Å². The van der Waals surface area contributed by atoms with Crippen LogP contribution in [0, 0.1) is 0 Å². The van der Waals surface area contributed by atoms with Crippen LogP contribution < -0.4 is 0 Å². The predicted octanol–water partition coefficient (Wildman–Crippen LogP) is -0.589. The fourth-order valence-corrected chi connectivity index (χ4v) is 0. The quantitative estimate of drug-likeness (QED) is 0.285. The van der Waals surface area contributed by atoms with Crippen LogP contribution in [0.2, 0.25) is 0 Å². The van der Waals surface area contributed by atoms with E-state index < -0.39 is 16.4 Å². The van der Waals surface area contributed by atoms with Crippen molar-refractivity contribution in [2.45, 2.75) is 6.92 Å². The van der Waals surface area contributed by atoms with Crippen molar-refractivity contribution < 1.29 is 43.9 Å². The van der Waals surface area contributed by atoms with E-state index in [1.807, 2.05) is 0 Å². The maximum Gasteiger partial charge on any atom is 0.477 e. The molecular weight excluding hydrogens is 211 g/mol. The van der Waals surface area contributed by atoms with E-state index >= 15 is 0 Å². The third kappa shape index (κ3) is 13200. The van der Waals surface area contributed by atoms with E-state index in [0.29, 0.717) is 0 Å². The molecule has 0 aliphatic carbocycles. The molecular formula is C2H7NiO6S+. The first kappa shape index (κ1) is 16.4. The average molecular weight is 218 g/mol. The van der Waals surface area contributed by atoms with Crippen LogP contribution in [-0.4, -0.2) is 33.4 Å². The van der Waals surface area contributed by atoms with Crippen LogP contribution in [0.4, 0.5) is 0 Å². The van der Waals surface area contributed by atoms with Crippen molar-refractivity contribution in [2.24, 2.45) is 0 Å². The molecule has 8 heteroatoms. The summed E-state index contributed by atoms with van der Waals surface area (Å²) in [6, 6.07) is 0. The Morgan fingerprint density at radius 2 is 1.40 bits per heavy atom. The van der Waals surface area contributed by atoms with Gasteiger partial charge in [-0.15, -0.1) is 0 Å². The van der Waals surface area contributed by atoms with Crippen molar-refractivity contribution in [2.75, 3.05) is 0 Å². The van der Waals surface area contributed by atoms with Gasteiger partial charge >= 0.3 is 16.4 Å². The van der Waals surface area contributed by atoms with Gasteiger partial charge in [0.2, 0.25) is 0 Å². The van der Waals surface area contributed by atoms with Crippen LogP contribution in [0.15, 0.2) is 0 Å². The minimum atomic E-state index is -4.67. The second-order valence-corrected chi connectivity index (χ2v) is 1.89. The molecule has 0 aromatic rings. The van der Waals surface area contributed by atoms with E-state index in [9.17, 15) is 0 Å². The Labute approximate surface area is 67.7 Å². The van der Waals surface area contributed by atoms with Crippen molar-refractivity contribution in [1.29, 1.82) is 0 Å². The minimum Gasteiger partial charge on any atom is -0.339 e. The predicted molar refractivity (Wildman–Crippen MR) is 29.4 cm³/mol. The third-order valence-corrected chi connectivity index (χ3v) is 0. The molecule has 0 atom stereocenters. The van der Waals surface area contributed by atoms with Gasteiger partial charge in [0.05, 0.1) is 6.92 Å². The summed E-state index contributed by atoms with van der Waals surface area (Å²) in [4.78, 5) is 7.53. The molecule has 0 saturated carbocycles. The molecule has 0 aromatic heterocycles. The first-order valence-electron chi connectivity index (χ1n) is 1.65. The number of rotatable bonds is 0. The molecule has 0 radical (unpaired) electrons. The van der Waals surface area contributed by atoms with Gasteiger partial charge < -0.3 is 9.90 Å². The van der Waals surface area contributed by atoms with Crippen LogP contribution >= 0.6 is 0 Å². The number of aliphatic carboxylic acids is 1. The third-order valence-electron chi connectivity index (χ3n) is 0. The molecule has 0 unspecified atom stereocenters. The minimum absolute atomic E-state index is 0. The van der Waals surface area contributed by atoms with E-state index in [1.54, 1.807) is 0 Å². The van der Waals surface area contributed by atoms with Crippen LogP contribution in [-0.2, 0) is 26.9 Å². The van der Waals surface area contributed by atoms with E-state index in [-0.39, 0.29) is 16.5 Å². The number of hydrogen-bond acceptors (Lipinski definition) is 2. The van der Waals surface area contributed by atoms with E-state index in [4.69, 9.17) is 27.4 Å². The summed E-state index contributed by atoms with van der Waals surface area (Å²) in [5.41, 5.74) is 0. The van der Waals surface area contributed by atoms with E-state index in [1.165, 1.54) is 6.92 Å². The van der Waals surface area contributed by atoms with Gasteiger partial charge in [-0.3, -0.25) is 9.11 Å². The topological polar surface area (TPSA) is 116 Å². The summed E-state index contributed by atoms with van der Waals surface area (Å²) >= 11 is 0. The molecule has 0 saturated heterocycles. The first-order chi connectivity index (χ1) is 3.73. The summed E-state index contributed by atoms with van der Waals surface area (Å²) in [6.45, 7) is 1.19. The smallest absolute Gasteiger partial charge is 0.339 e. The van der Waals surface area contributed by atoms with Gasteiger partial charge in [0, 0.05) is 16.5 Å². The largest absolute Gasteiger partial charge is 0.477 e. The molecule has 0 aliphatic heterocycles. The van der Waals surface area contributed by atoms with Crippen LogP contribution in [0.3, 0.4) is 0 Å². The SMILES string of the molecule is CC(O)=[OH+].O=S(=O)(O)O.[Ni]. The van der Waals surface area contributed by atoms with E-state index in [0.717, 1.165) is 0 Å². The molecule has 0 spiro atoms. The Morgan fingerprint density at radius 1 is 1.40 bits per heavy atom.